The zero-order valence-electron chi connectivity index (χ0n) is 12.6. The van der Waals surface area contributed by atoms with E-state index in [1.54, 1.807) is 4.90 Å². The first-order valence-corrected chi connectivity index (χ1v) is 7.46. The molecule has 1 aromatic rings. The van der Waals surface area contributed by atoms with Gasteiger partial charge in [-0.15, -0.1) is 0 Å². The highest BCUT2D eigenvalue weighted by atomic mass is 16.2. The maximum atomic E-state index is 12.3. The van der Waals surface area contributed by atoms with Gasteiger partial charge in [-0.25, -0.2) is 0 Å². The first-order valence-electron chi connectivity index (χ1n) is 7.46. The summed E-state index contributed by atoms with van der Waals surface area (Å²) in [6, 6.07) is 10.2. The number of carbonyl (C=O) groups is 2. The molecule has 1 saturated heterocycles. The Morgan fingerprint density at radius 1 is 1.19 bits per heavy atom. The molecule has 0 unspecified atom stereocenters. The van der Waals surface area contributed by atoms with Crippen molar-refractivity contribution in [2.75, 3.05) is 39.3 Å². The highest BCUT2D eigenvalue weighted by molar-refractivity contribution is 5.78. The average molecular weight is 289 g/mol. The van der Waals surface area contributed by atoms with Gasteiger partial charge in [-0.3, -0.25) is 14.5 Å². The van der Waals surface area contributed by atoms with Gasteiger partial charge in [0.2, 0.25) is 12.3 Å². The molecule has 21 heavy (non-hydrogen) atoms. The van der Waals surface area contributed by atoms with Gasteiger partial charge in [-0.2, -0.15) is 0 Å². The van der Waals surface area contributed by atoms with Crippen molar-refractivity contribution < 1.29 is 9.59 Å². The summed E-state index contributed by atoms with van der Waals surface area (Å²) in [5.41, 5.74) is 1.22. The summed E-state index contributed by atoms with van der Waals surface area (Å²) in [4.78, 5) is 28.7. The van der Waals surface area contributed by atoms with E-state index in [2.05, 4.69) is 24.0 Å². The van der Waals surface area contributed by atoms with Gasteiger partial charge in [-0.1, -0.05) is 37.3 Å². The van der Waals surface area contributed by atoms with Crippen LogP contribution in [0.15, 0.2) is 30.3 Å². The third kappa shape index (κ3) is 4.56. The molecule has 0 saturated carbocycles. The fraction of sp³-hybridized carbons (Fsp3) is 0.500. The molecule has 0 radical (unpaired) electrons. The van der Waals surface area contributed by atoms with Crippen LogP contribution in [0.1, 0.15) is 12.5 Å². The molecule has 5 heteroatoms. The van der Waals surface area contributed by atoms with Gasteiger partial charge >= 0.3 is 0 Å². The van der Waals surface area contributed by atoms with Crippen LogP contribution in [0.5, 0.6) is 0 Å². The van der Waals surface area contributed by atoms with E-state index in [1.807, 2.05) is 23.1 Å². The summed E-state index contributed by atoms with van der Waals surface area (Å²) in [6.45, 7) is 6.69. The molecule has 1 aliphatic rings. The maximum Gasteiger partial charge on any atom is 0.236 e. The minimum absolute atomic E-state index is 0.151. The molecule has 2 rings (SSSR count). The SMILES string of the molecule is CCN(CC(=O)N1CCN(C=O)CC1)Cc1ccccc1. The number of hydrogen-bond acceptors (Lipinski definition) is 3. The van der Waals surface area contributed by atoms with Crippen LogP contribution in [0.25, 0.3) is 0 Å². The van der Waals surface area contributed by atoms with Crippen LogP contribution in [0.3, 0.4) is 0 Å². The van der Waals surface area contributed by atoms with Crippen LogP contribution in [0.2, 0.25) is 0 Å². The van der Waals surface area contributed by atoms with Gasteiger partial charge in [0, 0.05) is 32.7 Å². The van der Waals surface area contributed by atoms with E-state index in [1.165, 1.54) is 5.56 Å². The van der Waals surface area contributed by atoms with E-state index in [-0.39, 0.29) is 5.91 Å². The molecule has 0 aromatic heterocycles. The smallest absolute Gasteiger partial charge is 0.236 e. The van der Waals surface area contributed by atoms with Crippen molar-refractivity contribution in [3.63, 3.8) is 0 Å². The van der Waals surface area contributed by atoms with Crippen molar-refractivity contribution in [1.29, 1.82) is 0 Å². The van der Waals surface area contributed by atoms with E-state index >= 15 is 0 Å². The van der Waals surface area contributed by atoms with Gasteiger partial charge in [0.05, 0.1) is 6.54 Å². The molecule has 0 bridgehead atoms. The van der Waals surface area contributed by atoms with Crippen molar-refractivity contribution >= 4 is 12.3 Å². The molecule has 0 aliphatic carbocycles. The Hall–Kier alpha value is -1.88. The average Bonchev–Trinajstić information content (AvgIpc) is 2.55. The van der Waals surface area contributed by atoms with E-state index in [4.69, 9.17) is 0 Å². The van der Waals surface area contributed by atoms with Gasteiger partial charge < -0.3 is 9.80 Å². The Bertz CT molecular complexity index is 456. The Balaban J connectivity index is 1.84. The van der Waals surface area contributed by atoms with E-state index in [0.717, 1.165) is 19.5 Å². The minimum Gasteiger partial charge on any atom is -0.342 e. The maximum absolute atomic E-state index is 12.3. The van der Waals surface area contributed by atoms with Crippen molar-refractivity contribution in [3.8, 4) is 0 Å². The van der Waals surface area contributed by atoms with Gasteiger partial charge in [0.15, 0.2) is 0 Å². The van der Waals surface area contributed by atoms with E-state index in [0.29, 0.717) is 32.7 Å². The van der Waals surface area contributed by atoms with Crippen molar-refractivity contribution in [2.45, 2.75) is 13.5 Å². The van der Waals surface area contributed by atoms with Gasteiger partial charge in [0.1, 0.15) is 0 Å². The van der Waals surface area contributed by atoms with E-state index < -0.39 is 0 Å². The van der Waals surface area contributed by atoms with Crippen molar-refractivity contribution in [3.05, 3.63) is 35.9 Å². The van der Waals surface area contributed by atoms with Gasteiger partial charge in [-0.05, 0) is 12.1 Å². The molecule has 0 N–H and O–H groups in total. The van der Waals surface area contributed by atoms with Crippen molar-refractivity contribution in [2.24, 2.45) is 0 Å². The quantitative estimate of drug-likeness (QED) is 0.728. The van der Waals surface area contributed by atoms with Gasteiger partial charge in [0.25, 0.3) is 0 Å². The molecule has 1 aliphatic heterocycles. The molecular formula is C16H23N3O2. The Kier molecular flexibility index (Phi) is 5.75. The summed E-state index contributed by atoms with van der Waals surface area (Å²) in [6.07, 6.45) is 0.857. The van der Waals surface area contributed by atoms with Crippen LogP contribution >= 0.6 is 0 Å². The number of nitrogens with zero attached hydrogens (tertiary/aromatic N) is 3. The number of rotatable bonds is 6. The summed E-state index contributed by atoms with van der Waals surface area (Å²) in [7, 11) is 0. The summed E-state index contributed by atoms with van der Waals surface area (Å²) in [5, 5.41) is 0. The topological polar surface area (TPSA) is 43.9 Å². The second kappa shape index (κ2) is 7.78. The standard InChI is InChI=1S/C16H23N3O2/c1-2-17(12-15-6-4-3-5-7-15)13-16(21)19-10-8-18(14-20)9-11-19/h3-7,14H,2,8-13H2,1H3. The fourth-order valence-electron chi connectivity index (χ4n) is 2.49. The highest BCUT2D eigenvalue weighted by Crippen LogP contribution is 2.06. The third-order valence-electron chi connectivity index (χ3n) is 3.87. The van der Waals surface area contributed by atoms with Crippen molar-refractivity contribution in [1.82, 2.24) is 14.7 Å². The monoisotopic (exact) mass is 289 g/mol. The third-order valence-corrected chi connectivity index (χ3v) is 3.87. The Morgan fingerprint density at radius 3 is 2.43 bits per heavy atom. The summed E-state index contributed by atoms with van der Waals surface area (Å²) in [5.74, 6) is 0.151. The Labute approximate surface area is 126 Å². The van der Waals surface area contributed by atoms with Crippen LogP contribution in [-0.4, -0.2) is 66.3 Å². The molecule has 1 aromatic carbocycles. The number of likely N-dealkylation sites (N-methyl/N-ethyl adjacent to an activating group) is 1. The number of carbonyl (C=O) groups excluding carboxylic acids is 2. The van der Waals surface area contributed by atoms with Crippen LogP contribution in [-0.2, 0) is 16.1 Å². The fourth-order valence-corrected chi connectivity index (χ4v) is 2.49. The lowest BCUT2D eigenvalue weighted by molar-refractivity contribution is -0.136. The first-order chi connectivity index (χ1) is 10.2. The number of amides is 2. The second-order valence-electron chi connectivity index (χ2n) is 5.31. The number of hydrogen-bond donors (Lipinski definition) is 0. The summed E-state index contributed by atoms with van der Waals surface area (Å²) < 4.78 is 0. The zero-order chi connectivity index (χ0) is 15.1. The molecule has 114 valence electrons. The zero-order valence-corrected chi connectivity index (χ0v) is 12.6. The molecule has 0 spiro atoms. The molecule has 1 heterocycles. The minimum atomic E-state index is 0.151. The highest BCUT2D eigenvalue weighted by Gasteiger charge is 2.21. The van der Waals surface area contributed by atoms with Crippen LogP contribution in [0, 0.1) is 0 Å². The molecule has 0 atom stereocenters. The lowest BCUT2D eigenvalue weighted by Gasteiger charge is -2.34. The first kappa shape index (κ1) is 15.5. The Morgan fingerprint density at radius 2 is 1.86 bits per heavy atom. The predicted octanol–water partition coefficient (Wildman–Crippen LogP) is 0.809. The lowest BCUT2D eigenvalue weighted by atomic mass is 10.2. The normalized spacial score (nSPS) is 15.3. The van der Waals surface area contributed by atoms with E-state index in [9.17, 15) is 9.59 Å². The number of benzene rings is 1. The molecule has 5 nitrogen and oxygen atoms in total. The summed E-state index contributed by atoms with van der Waals surface area (Å²) >= 11 is 0. The number of piperazine rings is 1. The largest absolute Gasteiger partial charge is 0.342 e. The van der Waals surface area contributed by atoms with Crippen LogP contribution in [0.4, 0.5) is 0 Å². The molecule has 1 fully saturated rings. The predicted molar refractivity (Wildman–Crippen MR) is 81.6 cm³/mol. The second-order valence-corrected chi connectivity index (χ2v) is 5.31. The lowest BCUT2D eigenvalue weighted by Crippen LogP contribution is -2.50. The molecular weight excluding hydrogens is 266 g/mol. The van der Waals surface area contributed by atoms with Crippen LogP contribution < -0.4 is 0 Å². The molecule has 2 amide bonds.